The van der Waals surface area contributed by atoms with Gasteiger partial charge in [-0.05, 0) is 25.0 Å². The number of Topliss-reactive ketones (excluding diaryl/α,β-unsaturated/α-hetero) is 1. The maximum absolute atomic E-state index is 12.5. The molecule has 0 saturated heterocycles. The van der Waals surface area contributed by atoms with Gasteiger partial charge >= 0.3 is 0 Å². The Bertz CT molecular complexity index is 483. The quantitative estimate of drug-likeness (QED) is 0.904. The zero-order chi connectivity index (χ0) is 14.0. The highest BCUT2D eigenvalue weighted by Crippen LogP contribution is 2.37. The third-order valence-corrected chi connectivity index (χ3v) is 3.45. The number of hydrogen-bond acceptors (Lipinski definition) is 4. The number of benzene rings is 1. The van der Waals surface area contributed by atoms with Crippen LogP contribution in [0.4, 0.5) is 0 Å². The van der Waals surface area contributed by atoms with Crippen LogP contribution in [0.3, 0.4) is 0 Å². The molecule has 2 rings (SSSR count). The van der Waals surface area contributed by atoms with Crippen LogP contribution >= 0.6 is 0 Å². The van der Waals surface area contributed by atoms with E-state index in [0.717, 1.165) is 24.0 Å². The molecule has 0 aliphatic heterocycles. The second-order valence-corrected chi connectivity index (χ2v) is 5.10. The van der Waals surface area contributed by atoms with Gasteiger partial charge in [-0.1, -0.05) is 13.8 Å². The van der Waals surface area contributed by atoms with Crippen LogP contribution in [-0.4, -0.2) is 32.1 Å². The van der Waals surface area contributed by atoms with Gasteiger partial charge in [0.15, 0.2) is 17.3 Å². The van der Waals surface area contributed by atoms with Gasteiger partial charge < -0.3 is 14.8 Å². The minimum Gasteiger partial charge on any atom is -0.493 e. The molecule has 0 amide bonds. The van der Waals surface area contributed by atoms with Crippen molar-refractivity contribution in [3.8, 4) is 11.5 Å². The molecule has 4 nitrogen and oxygen atoms in total. The number of carbonyl (C=O) groups is 1. The fourth-order valence-corrected chi connectivity index (χ4v) is 2.64. The summed E-state index contributed by atoms with van der Waals surface area (Å²) in [6.07, 6.45) is 1.62. The first kappa shape index (κ1) is 13.9. The van der Waals surface area contributed by atoms with Gasteiger partial charge in [0.05, 0.1) is 20.3 Å². The van der Waals surface area contributed by atoms with E-state index in [2.05, 4.69) is 19.2 Å². The SMILES string of the molecule is COc1ccc2c(c1OC)CCC(NC(C)C)C2=O. The second kappa shape index (κ2) is 5.61. The summed E-state index contributed by atoms with van der Waals surface area (Å²) in [5, 5.41) is 3.32. The highest BCUT2D eigenvalue weighted by Gasteiger charge is 2.30. The number of fused-ring (bicyclic) bond motifs is 1. The Hall–Kier alpha value is -1.55. The largest absolute Gasteiger partial charge is 0.493 e. The van der Waals surface area contributed by atoms with Crippen molar-refractivity contribution in [2.45, 2.75) is 38.8 Å². The lowest BCUT2D eigenvalue weighted by molar-refractivity contribution is 0.0921. The molecule has 1 unspecified atom stereocenters. The molecule has 19 heavy (non-hydrogen) atoms. The maximum atomic E-state index is 12.5. The van der Waals surface area contributed by atoms with Crippen LogP contribution in [0.5, 0.6) is 11.5 Å². The van der Waals surface area contributed by atoms with E-state index < -0.39 is 0 Å². The average molecular weight is 263 g/mol. The molecule has 1 aliphatic carbocycles. The van der Waals surface area contributed by atoms with Gasteiger partial charge in [-0.15, -0.1) is 0 Å². The fraction of sp³-hybridized carbons (Fsp3) is 0.533. The van der Waals surface area contributed by atoms with Crippen LogP contribution in [0.25, 0.3) is 0 Å². The Morgan fingerprint density at radius 1 is 1.26 bits per heavy atom. The van der Waals surface area contributed by atoms with E-state index in [-0.39, 0.29) is 11.8 Å². The summed E-state index contributed by atoms with van der Waals surface area (Å²) in [4.78, 5) is 12.5. The van der Waals surface area contributed by atoms with Gasteiger partial charge in [-0.25, -0.2) is 0 Å². The molecule has 0 spiro atoms. The van der Waals surface area contributed by atoms with Crippen LogP contribution in [0.2, 0.25) is 0 Å². The summed E-state index contributed by atoms with van der Waals surface area (Å²) in [6, 6.07) is 3.85. The molecule has 1 atom stereocenters. The van der Waals surface area contributed by atoms with Crippen molar-refractivity contribution in [3.63, 3.8) is 0 Å². The minimum atomic E-state index is -0.0920. The van der Waals surface area contributed by atoms with Crippen LogP contribution in [-0.2, 0) is 6.42 Å². The van der Waals surface area contributed by atoms with Crippen LogP contribution in [0, 0.1) is 0 Å². The molecule has 0 fully saturated rings. The van der Waals surface area contributed by atoms with Crippen molar-refractivity contribution in [2.24, 2.45) is 0 Å². The van der Waals surface area contributed by atoms with Gasteiger partial charge in [0.2, 0.25) is 0 Å². The fourth-order valence-electron chi connectivity index (χ4n) is 2.64. The molecule has 104 valence electrons. The molecule has 0 saturated carbocycles. The number of methoxy groups -OCH3 is 2. The molecule has 1 N–H and O–H groups in total. The number of hydrogen-bond donors (Lipinski definition) is 1. The Morgan fingerprint density at radius 2 is 2.00 bits per heavy atom. The Balaban J connectivity index is 2.38. The van der Waals surface area contributed by atoms with Crippen molar-refractivity contribution >= 4 is 5.78 Å². The smallest absolute Gasteiger partial charge is 0.180 e. The molecule has 0 bridgehead atoms. The first-order chi connectivity index (χ1) is 9.08. The highest BCUT2D eigenvalue weighted by molar-refractivity contribution is 6.03. The van der Waals surface area contributed by atoms with Gasteiger partial charge in [0.1, 0.15) is 0 Å². The number of rotatable bonds is 4. The van der Waals surface area contributed by atoms with Gasteiger partial charge in [-0.3, -0.25) is 4.79 Å². The first-order valence-corrected chi connectivity index (χ1v) is 6.62. The lowest BCUT2D eigenvalue weighted by atomic mass is 9.86. The van der Waals surface area contributed by atoms with Crippen molar-refractivity contribution in [3.05, 3.63) is 23.3 Å². The lowest BCUT2D eigenvalue weighted by Crippen LogP contribution is -2.43. The summed E-state index contributed by atoms with van der Waals surface area (Å²) in [6.45, 7) is 4.11. The standard InChI is InChI=1S/C15H21NO3/c1-9(2)16-12-7-5-11-10(14(12)17)6-8-13(18-3)15(11)19-4/h6,8-9,12,16H,5,7H2,1-4H3. The molecule has 1 aromatic rings. The summed E-state index contributed by atoms with van der Waals surface area (Å²) >= 11 is 0. The second-order valence-electron chi connectivity index (χ2n) is 5.10. The molecule has 1 aromatic carbocycles. The van der Waals surface area contributed by atoms with Gasteiger partial charge in [0, 0.05) is 17.2 Å². The summed E-state index contributed by atoms with van der Waals surface area (Å²) in [7, 11) is 3.22. The zero-order valence-corrected chi connectivity index (χ0v) is 11.9. The van der Waals surface area contributed by atoms with Crippen molar-refractivity contribution < 1.29 is 14.3 Å². The van der Waals surface area contributed by atoms with Crippen molar-refractivity contribution in [2.75, 3.05) is 14.2 Å². The normalized spacial score (nSPS) is 18.4. The number of carbonyl (C=O) groups excluding carboxylic acids is 1. The molecular formula is C15H21NO3. The minimum absolute atomic E-state index is 0.0920. The van der Waals surface area contributed by atoms with E-state index in [4.69, 9.17) is 9.47 Å². The number of ketones is 1. The van der Waals surface area contributed by atoms with E-state index in [1.165, 1.54) is 0 Å². The van der Waals surface area contributed by atoms with E-state index >= 15 is 0 Å². The van der Waals surface area contributed by atoms with E-state index in [1.807, 2.05) is 6.07 Å². The third kappa shape index (κ3) is 2.59. The summed E-state index contributed by atoms with van der Waals surface area (Å²) in [5.41, 5.74) is 1.72. The topological polar surface area (TPSA) is 47.6 Å². The maximum Gasteiger partial charge on any atom is 0.180 e. The molecule has 0 radical (unpaired) electrons. The van der Waals surface area contributed by atoms with E-state index in [9.17, 15) is 4.79 Å². The van der Waals surface area contributed by atoms with Gasteiger partial charge in [-0.2, -0.15) is 0 Å². The Kier molecular flexibility index (Phi) is 4.10. The highest BCUT2D eigenvalue weighted by atomic mass is 16.5. The van der Waals surface area contributed by atoms with Crippen LogP contribution in [0.1, 0.15) is 36.2 Å². The molecule has 0 aromatic heterocycles. The zero-order valence-electron chi connectivity index (χ0n) is 11.9. The van der Waals surface area contributed by atoms with Crippen LogP contribution in [0.15, 0.2) is 12.1 Å². The van der Waals surface area contributed by atoms with E-state index in [1.54, 1.807) is 20.3 Å². The summed E-state index contributed by atoms with van der Waals surface area (Å²) in [5.74, 6) is 1.52. The van der Waals surface area contributed by atoms with Gasteiger partial charge in [0.25, 0.3) is 0 Å². The summed E-state index contributed by atoms with van der Waals surface area (Å²) < 4.78 is 10.7. The van der Waals surface area contributed by atoms with Crippen molar-refractivity contribution in [1.82, 2.24) is 5.32 Å². The average Bonchev–Trinajstić information content (AvgIpc) is 2.40. The predicted molar refractivity (Wildman–Crippen MR) is 74.3 cm³/mol. The molecule has 1 aliphatic rings. The number of ether oxygens (including phenoxy) is 2. The van der Waals surface area contributed by atoms with Crippen molar-refractivity contribution in [1.29, 1.82) is 0 Å². The third-order valence-electron chi connectivity index (χ3n) is 3.45. The molecular weight excluding hydrogens is 242 g/mol. The molecule has 4 heteroatoms. The predicted octanol–water partition coefficient (Wildman–Crippen LogP) is 2.20. The first-order valence-electron chi connectivity index (χ1n) is 6.62. The monoisotopic (exact) mass is 263 g/mol. The van der Waals surface area contributed by atoms with Crippen LogP contribution < -0.4 is 14.8 Å². The molecule has 0 heterocycles. The Labute approximate surface area is 114 Å². The Morgan fingerprint density at radius 3 is 2.58 bits per heavy atom. The van der Waals surface area contributed by atoms with E-state index in [0.29, 0.717) is 17.5 Å². The number of nitrogens with one attached hydrogen (secondary N) is 1. The lowest BCUT2D eigenvalue weighted by Gasteiger charge is -2.27.